The first-order valence-electron chi connectivity index (χ1n) is 4.74. The molecular weight excluding hydrogens is 222 g/mol. The van der Waals surface area contributed by atoms with Gasteiger partial charge in [0.15, 0.2) is 0 Å². The molecule has 0 radical (unpaired) electrons. The monoisotopic (exact) mass is 241 g/mol. The molecule has 0 saturated heterocycles. The highest BCUT2D eigenvalue weighted by atomic mass is 32.2. The molecule has 0 saturated carbocycles. The normalized spacial score (nSPS) is 12.7. The highest BCUT2D eigenvalue weighted by Gasteiger charge is 2.16. The van der Waals surface area contributed by atoms with Gasteiger partial charge in [0.1, 0.15) is 0 Å². The third-order valence-corrected chi connectivity index (χ3v) is 2.99. The van der Waals surface area contributed by atoms with E-state index in [0.29, 0.717) is 0 Å². The predicted molar refractivity (Wildman–Crippen MR) is 56.0 cm³/mol. The van der Waals surface area contributed by atoms with E-state index in [1.54, 1.807) is 0 Å². The maximum absolute atomic E-state index is 11.3. The SMILES string of the molecule is CC(C)OCCS(=O)(=O)NC(CO)CO. The summed E-state index contributed by atoms with van der Waals surface area (Å²) in [6, 6.07) is -0.839. The van der Waals surface area contributed by atoms with Crippen LogP contribution >= 0.6 is 0 Å². The minimum atomic E-state index is -3.50. The molecule has 0 bridgehead atoms. The molecule has 3 N–H and O–H groups in total. The number of rotatable bonds is 8. The van der Waals surface area contributed by atoms with E-state index in [4.69, 9.17) is 14.9 Å². The van der Waals surface area contributed by atoms with E-state index < -0.39 is 29.3 Å². The Labute approximate surface area is 90.3 Å². The Balaban J connectivity index is 3.96. The molecule has 7 heteroatoms. The smallest absolute Gasteiger partial charge is 0.214 e. The summed E-state index contributed by atoms with van der Waals surface area (Å²) in [7, 11) is -3.50. The lowest BCUT2D eigenvalue weighted by atomic mass is 10.4. The van der Waals surface area contributed by atoms with Crippen molar-refractivity contribution < 1.29 is 23.4 Å². The molecule has 0 aromatic heterocycles. The lowest BCUT2D eigenvalue weighted by Crippen LogP contribution is -2.41. The minimum absolute atomic E-state index is 0.0216. The van der Waals surface area contributed by atoms with Crippen LogP contribution < -0.4 is 4.72 Å². The fourth-order valence-electron chi connectivity index (χ4n) is 0.839. The number of aliphatic hydroxyl groups is 2. The zero-order valence-electron chi connectivity index (χ0n) is 9.01. The van der Waals surface area contributed by atoms with Gasteiger partial charge in [-0.3, -0.25) is 0 Å². The summed E-state index contributed by atoms with van der Waals surface area (Å²) in [5, 5.41) is 17.4. The predicted octanol–water partition coefficient (Wildman–Crippen LogP) is -1.32. The molecular formula is C8H19NO5S. The summed E-state index contributed by atoms with van der Waals surface area (Å²) in [4.78, 5) is 0. The Bertz CT molecular complexity index is 248. The van der Waals surface area contributed by atoms with Crippen molar-refractivity contribution >= 4 is 10.0 Å². The molecule has 0 atom stereocenters. The molecule has 0 amide bonds. The van der Waals surface area contributed by atoms with E-state index in [2.05, 4.69) is 4.72 Å². The molecule has 0 spiro atoms. The van der Waals surface area contributed by atoms with Crippen LogP contribution in [0.25, 0.3) is 0 Å². The molecule has 92 valence electrons. The molecule has 0 aromatic carbocycles. The molecule has 6 nitrogen and oxygen atoms in total. The lowest BCUT2D eigenvalue weighted by molar-refractivity contribution is 0.0909. The second-order valence-electron chi connectivity index (χ2n) is 3.42. The van der Waals surface area contributed by atoms with Crippen LogP contribution in [0.5, 0.6) is 0 Å². The Kier molecular flexibility index (Phi) is 7.03. The number of ether oxygens (including phenoxy) is 1. The maximum Gasteiger partial charge on any atom is 0.214 e. The fourth-order valence-corrected chi connectivity index (χ4v) is 1.93. The molecule has 0 aliphatic rings. The first kappa shape index (κ1) is 14.8. The largest absolute Gasteiger partial charge is 0.395 e. The Morgan fingerprint density at radius 2 is 1.80 bits per heavy atom. The number of hydrogen-bond acceptors (Lipinski definition) is 5. The van der Waals surface area contributed by atoms with Crippen LogP contribution in [0.4, 0.5) is 0 Å². The summed E-state index contributed by atoms with van der Waals surface area (Å²) in [5.41, 5.74) is 0. The van der Waals surface area contributed by atoms with E-state index in [-0.39, 0.29) is 18.5 Å². The van der Waals surface area contributed by atoms with Crippen LogP contribution in [0.3, 0.4) is 0 Å². The van der Waals surface area contributed by atoms with Gasteiger partial charge in [0.05, 0.1) is 37.7 Å². The van der Waals surface area contributed by atoms with E-state index in [1.807, 2.05) is 13.8 Å². The van der Waals surface area contributed by atoms with E-state index in [1.165, 1.54) is 0 Å². The topological polar surface area (TPSA) is 95.9 Å². The van der Waals surface area contributed by atoms with Crippen LogP contribution in [0.15, 0.2) is 0 Å². The summed E-state index contributed by atoms with van der Waals surface area (Å²) >= 11 is 0. The lowest BCUT2D eigenvalue weighted by Gasteiger charge is -2.14. The average molecular weight is 241 g/mol. The van der Waals surface area contributed by atoms with Gasteiger partial charge in [-0.05, 0) is 13.8 Å². The molecule has 0 aromatic rings. The Hall–Kier alpha value is -0.210. The van der Waals surface area contributed by atoms with E-state index >= 15 is 0 Å². The number of hydrogen-bond donors (Lipinski definition) is 3. The van der Waals surface area contributed by atoms with Crippen LogP contribution in [-0.4, -0.2) is 56.4 Å². The summed E-state index contributed by atoms with van der Waals surface area (Å²) in [6.45, 7) is 2.85. The molecule has 0 heterocycles. The van der Waals surface area contributed by atoms with Crippen molar-refractivity contribution in [3.63, 3.8) is 0 Å². The molecule has 0 aliphatic carbocycles. The van der Waals surface area contributed by atoms with E-state index in [9.17, 15) is 8.42 Å². The van der Waals surface area contributed by atoms with Gasteiger partial charge in [0.2, 0.25) is 10.0 Å². The third kappa shape index (κ3) is 7.69. The van der Waals surface area contributed by atoms with Crippen LogP contribution in [0, 0.1) is 0 Å². The minimum Gasteiger partial charge on any atom is -0.395 e. The van der Waals surface area contributed by atoms with Crippen molar-refractivity contribution in [3.8, 4) is 0 Å². The van der Waals surface area contributed by atoms with Gasteiger partial charge in [-0.15, -0.1) is 0 Å². The number of sulfonamides is 1. The van der Waals surface area contributed by atoms with Crippen molar-refractivity contribution in [3.05, 3.63) is 0 Å². The molecule has 0 fully saturated rings. The van der Waals surface area contributed by atoms with Crippen molar-refractivity contribution in [1.29, 1.82) is 0 Å². The summed E-state index contributed by atoms with van der Waals surface area (Å²) in [6.07, 6.45) is -0.0216. The van der Waals surface area contributed by atoms with Crippen molar-refractivity contribution in [2.75, 3.05) is 25.6 Å². The molecule has 0 unspecified atom stereocenters. The van der Waals surface area contributed by atoms with Gasteiger partial charge >= 0.3 is 0 Å². The second-order valence-corrected chi connectivity index (χ2v) is 5.29. The van der Waals surface area contributed by atoms with Gasteiger partial charge in [-0.25, -0.2) is 13.1 Å². The fraction of sp³-hybridized carbons (Fsp3) is 1.00. The Morgan fingerprint density at radius 3 is 2.20 bits per heavy atom. The summed E-state index contributed by atoms with van der Waals surface area (Å²) < 4.78 is 29.9. The zero-order chi connectivity index (χ0) is 11.9. The number of nitrogens with one attached hydrogen (secondary N) is 1. The quantitative estimate of drug-likeness (QED) is 0.490. The van der Waals surface area contributed by atoms with Crippen molar-refractivity contribution in [2.24, 2.45) is 0 Å². The standard InChI is InChI=1S/C8H19NO5S/c1-7(2)14-3-4-15(12,13)9-8(5-10)6-11/h7-11H,3-6H2,1-2H3. The first-order chi connectivity index (χ1) is 6.91. The maximum atomic E-state index is 11.3. The van der Waals surface area contributed by atoms with Gasteiger partial charge in [0.25, 0.3) is 0 Å². The average Bonchev–Trinajstić information content (AvgIpc) is 2.13. The van der Waals surface area contributed by atoms with E-state index in [0.717, 1.165) is 0 Å². The van der Waals surface area contributed by atoms with Gasteiger partial charge < -0.3 is 14.9 Å². The van der Waals surface area contributed by atoms with Crippen molar-refractivity contribution in [1.82, 2.24) is 4.72 Å². The zero-order valence-corrected chi connectivity index (χ0v) is 9.83. The van der Waals surface area contributed by atoms with Crippen LogP contribution in [0.2, 0.25) is 0 Å². The highest BCUT2D eigenvalue weighted by Crippen LogP contribution is 1.93. The van der Waals surface area contributed by atoms with Gasteiger partial charge in [0, 0.05) is 0 Å². The third-order valence-electron chi connectivity index (χ3n) is 1.59. The second kappa shape index (κ2) is 7.13. The molecule has 0 aliphatic heterocycles. The number of aliphatic hydroxyl groups excluding tert-OH is 2. The van der Waals surface area contributed by atoms with Gasteiger partial charge in [-0.1, -0.05) is 0 Å². The molecule has 15 heavy (non-hydrogen) atoms. The first-order valence-corrected chi connectivity index (χ1v) is 6.40. The molecule has 0 rings (SSSR count). The Morgan fingerprint density at radius 1 is 1.27 bits per heavy atom. The summed E-state index contributed by atoms with van der Waals surface area (Å²) in [5.74, 6) is -0.179. The van der Waals surface area contributed by atoms with Crippen molar-refractivity contribution in [2.45, 2.75) is 26.0 Å². The van der Waals surface area contributed by atoms with Crippen LogP contribution in [0.1, 0.15) is 13.8 Å². The highest BCUT2D eigenvalue weighted by molar-refractivity contribution is 7.89. The van der Waals surface area contributed by atoms with Crippen LogP contribution in [-0.2, 0) is 14.8 Å². The van der Waals surface area contributed by atoms with Gasteiger partial charge in [-0.2, -0.15) is 0 Å².